The third kappa shape index (κ3) is 6.45. The monoisotopic (exact) mass is 465 g/mol. The molecule has 2 rings (SSSR count). The first-order valence-corrected chi connectivity index (χ1v) is 12.0. The van der Waals surface area contributed by atoms with Crippen molar-refractivity contribution < 1.29 is 18.0 Å². The van der Waals surface area contributed by atoms with E-state index in [-0.39, 0.29) is 12.5 Å². The molecule has 0 aromatic heterocycles. The minimum Gasteiger partial charge on any atom is -0.357 e. The summed E-state index contributed by atoms with van der Waals surface area (Å²) in [4.78, 5) is 27.0. The molecule has 0 radical (unpaired) electrons. The lowest BCUT2D eigenvalue weighted by Crippen LogP contribution is -2.50. The number of amides is 2. The molecule has 0 aliphatic rings. The van der Waals surface area contributed by atoms with Crippen molar-refractivity contribution in [2.75, 3.05) is 24.2 Å². The summed E-state index contributed by atoms with van der Waals surface area (Å²) in [6, 6.07) is 11.6. The van der Waals surface area contributed by atoms with Gasteiger partial charge in [-0.3, -0.25) is 13.9 Å². The summed E-state index contributed by atoms with van der Waals surface area (Å²) in [7, 11) is -2.28. The molecule has 2 amide bonds. The zero-order valence-corrected chi connectivity index (χ0v) is 19.9. The molecule has 1 unspecified atom stereocenters. The summed E-state index contributed by atoms with van der Waals surface area (Å²) in [5.41, 5.74) is 2.89. The van der Waals surface area contributed by atoms with Crippen molar-refractivity contribution in [1.29, 1.82) is 0 Å². The number of sulfonamides is 1. The predicted molar refractivity (Wildman–Crippen MR) is 124 cm³/mol. The number of carbonyl (C=O) groups is 2. The zero-order chi connectivity index (χ0) is 23.3. The Balaban J connectivity index is 2.40. The molecule has 0 heterocycles. The largest absolute Gasteiger partial charge is 0.357 e. The van der Waals surface area contributed by atoms with Crippen LogP contribution in [0.2, 0.25) is 5.02 Å². The lowest BCUT2D eigenvalue weighted by Gasteiger charge is -2.31. The molecule has 2 aromatic carbocycles. The van der Waals surface area contributed by atoms with Gasteiger partial charge in [-0.05, 0) is 50.1 Å². The number of rotatable bonds is 8. The van der Waals surface area contributed by atoms with Crippen LogP contribution in [0.25, 0.3) is 0 Å². The fourth-order valence-electron chi connectivity index (χ4n) is 3.18. The summed E-state index contributed by atoms with van der Waals surface area (Å²) in [6.07, 6.45) is 1.04. The molecule has 9 heteroatoms. The molecular weight excluding hydrogens is 438 g/mol. The number of anilines is 1. The van der Waals surface area contributed by atoms with E-state index in [1.807, 2.05) is 31.2 Å². The van der Waals surface area contributed by atoms with Gasteiger partial charge in [0.25, 0.3) is 0 Å². The van der Waals surface area contributed by atoms with Crippen LogP contribution in [0, 0.1) is 13.8 Å². The predicted octanol–water partition coefficient (Wildman–Crippen LogP) is 2.89. The minimum atomic E-state index is -3.77. The molecule has 7 nitrogen and oxygen atoms in total. The number of benzene rings is 2. The van der Waals surface area contributed by atoms with E-state index in [1.54, 1.807) is 32.0 Å². The van der Waals surface area contributed by atoms with E-state index in [1.165, 1.54) is 11.9 Å². The minimum absolute atomic E-state index is 0.172. The van der Waals surface area contributed by atoms with Crippen LogP contribution < -0.4 is 9.62 Å². The number of hydrogen-bond donors (Lipinski definition) is 1. The van der Waals surface area contributed by atoms with Gasteiger partial charge in [0, 0.05) is 18.6 Å². The van der Waals surface area contributed by atoms with Crippen LogP contribution >= 0.6 is 11.6 Å². The van der Waals surface area contributed by atoms with Crippen molar-refractivity contribution in [2.24, 2.45) is 0 Å². The summed E-state index contributed by atoms with van der Waals surface area (Å²) in [6.45, 7) is 5.03. The highest BCUT2D eigenvalue weighted by atomic mass is 35.5. The van der Waals surface area contributed by atoms with Gasteiger partial charge in [0.2, 0.25) is 21.8 Å². The summed E-state index contributed by atoms with van der Waals surface area (Å²) in [5, 5.41) is 3.01. The first kappa shape index (κ1) is 24.7. The second-order valence-corrected chi connectivity index (χ2v) is 9.84. The average Bonchev–Trinajstić information content (AvgIpc) is 2.70. The van der Waals surface area contributed by atoms with E-state index in [4.69, 9.17) is 11.6 Å². The lowest BCUT2D eigenvalue weighted by atomic mass is 10.1. The van der Waals surface area contributed by atoms with Crippen molar-refractivity contribution in [2.45, 2.75) is 33.4 Å². The highest BCUT2D eigenvalue weighted by molar-refractivity contribution is 7.92. The van der Waals surface area contributed by atoms with Crippen molar-refractivity contribution >= 4 is 39.1 Å². The van der Waals surface area contributed by atoms with Crippen LogP contribution in [0.5, 0.6) is 0 Å². The Morgan fingerprint density at radius 2 is 1.71 bits per heavy atom. The molecule has 31 heavy (non-hydrogen) atoms. The van der Waals surface area contributed by atoms with Gasteiger partial charge in [0.05, 0.1) is 11.9 Å². The Kier molecular flexibility index (Phi) is 8.08. The first-order valence-electron chi connectivity index (χ1n) is 9.74. The molecule has 1 N–H and O–H groups in total. The van der Waals surface area contributed by atoms with Gasteiger partial charge in [-0.15, -0.1) is 0 Å². The molecule has 2 aromatic rings. The second-order valence-electron chi connectivity index (χ2n) is 7.50. The van der Waals surface area contributed by atoms with E-state index in [0.29, 0.717) is 16.3 Å². The van der Waals surface area contributed by atoms with Gasteiger partial charge in [-0.1, -0.05) is 41.4 Å². The third-order valence-electron chi connectivity index (χ3n) is 4.99. The van der Waals surface area contributed by atoms with E-state index in [2.05, 4.69) is 5.32 Å². The van der Waals surface area contributed by atoms with Crippen molar-refractivity contribution in [3.05, 3.63) is 64.2 Å². The van der Waals surface area contributed by atoms with Crippen LogP contribution in [0.3, 0.4) is 0 Å². The molecule has 0 saturated carbocycles. The molecular formula is C22H28ClN3O4S. The van der Waals surface area contributed by atoms with E-state index in [9.17, 15) is 18.0 Å². The van der Waals surface area contributed by atoms with Gasteiger partial charge in [0.15, 0.2) is 0 Å². The van der Waals surface area contributed by atoms with Gasteiger partial charge < -0.3 is 10.2 Å². The maximum Gasteiger partial charge on any atom is 0.244 e. The summed E-state index contributed by atoms with van der Waals surface area (Å²) >= 11 is 6.00. The van der Waals surface area contributed by atoms with Gasteiger partial charge in [-0.25, -0.2) is 8.42 Å². The van der Waals surface area contributed by atoms with Crippen LogP contribution in [0.1, 0.15) is 23.6 Å². The van der Waals surface area contributed by atoms with Gasteiger partial charge in [0.1, 0.15) is 12.6 Å². The zero-order valence-electron chi connectivity index (χ0n) is 18.3. The normalized spacial score (nSPS) is 12.2. The topological polar surface area (TPSA) is 86.8 Å². The molecule has 0 bridgehead atoms. The number of aryl methyl sites for hydroxylation is 2. The molecule has 0 saturated heterocycles. The second kappa shape index (κ2) is 10.2. The summed E-state index contributed by atoms with van der Waals surface area (Å²) < 4.78 is 26.1. The van der Waals surface area contributed by atoms with Crippen molar-refractivity contribution in [3.8, 4) is 0 Å². The molecule has 0 fully saturated rings. The summed E-state index contributed by atoms with van der Waals surface area (Å²) in [5.74, 6) is -0.828. The fourth-order valence-corrected chi connectivity index (χ4v) is 4.31. The molecule has 0 aliphatic carbocycles. The quantitative estimate of drug-likeness (QED) is 0.649. The number of likely N-dealkylation sites (N-methyl/N-ethyl adjacent to an activating group) is 1. The molecule has 1 atom stereocenters. The number of nitrogens with zero attached hydrogens (tertiary/aromatic N) is 2. The molecule has 0 spiro atoms. The van der Waals surface area contributed by atoms with Crippen molar-refractivity contribution in [3.63, 3.8) is 0 Å². The van der Waals surface area contributed by atoms with Crippen LogP contribution in [0.15, 0.2) is 42.5 Å². The SMILES string of the molecule is CNC(=O)C(C)N(Cc1ccc(C)cc1)C(=O)CN(c1ccc(Cl)cc1C)S(C)(=O)=O. The number of halogens is 1. The Morgan fingerprint density at radius 3 is 2.23 bits per heavy atom. The Bertz CT molecular complexity index is 1050. The highest BCUT2D eigenvalue weighted by Crippen LogP contribution is 2.26. The van der Waals surface area contributed by atoms with Crippen LogP contribution in [0.4, 0.5) is 5.69 Å². The number of carbonyl (C=O) groups excluding carboxylic acids is 2. The molecule has 0 aliphatic heterocycles. The number of nitrogens with one attached hydrogen (secondary N) is 1. The van der Waals surface area contributed by atoms with Crippen LogP contribution in [-0.4, -0.2) is 51.0 Å². The van der Waals surface area contributed by atoms with Gasteiger partial charge >= 0.3 is 0 Å². The molecule has 168 valence electrons. The van der Waals surface area contributed by atoms with Crippen LogP contribution in [-0.2, 0) is 26.2 Å². The van der Waals surface area contributed by atoms with E-state index < -0.39 is 28.5 Å². The average molecular weight is 466 g/mol. The first-order chi connectivity index (χ1) is 14.4. The number of hydrogen-bond acceptors (Lipinski definition) is 4. The van der Waals surface area contributed by atoms with E-state index >= 15 is 0 Å². The smallest absolute Gasteiger partial charge is 0.244 e. The Labute approximate surface area is 189 Å². The Morgan fingerprint density at radius 1 is 1.10 bits per heavy atom. The van der Waals surface area contributed by atoms with E-state index in [0.717, 1.165) is 21.7 Å². The third-order valence-corrected chi connectivity index (χ3v) is 6.36. The standard InChI is InChI=1S/C22H28ClN3O4S/c1-15-6-8-18(9-7-15)13-25(17(3)22(28)24-4)21(27)14-26(31(5,29)30)20-11-10-19(23)12-16(20)2/h6-12,17H,13-14H2,1-5H3,(H,24,28). The highest BCUT2D eigenvalue weighted by Gasteiger charge is 2.30. The maximum atomic E-state index is 13.3. The Hall–Kier alpha value is -2.58. The lowest BCUT2D eigenvalue weighted by molar-refractivity contribution is -0.139. The van der Waals surface area contributed by atoms with Gasteiger partial charge in [-0.2, -0.15) is 0 Å². The van der Waals surface area contributed by atoms with Crippen molar-refractivity contribution in [1.82, 2.24) is 10.2 Å². The maximum absolute atomic E-state index is 13.3. The fraction of sp³-hybridized carbons (Fsp3) is 0.364.